The van der Waals surface area contributed by atoms with Gasteiger partial charge in [-0.3, -0.25) is 9.48 Å². The molecule has 0 saturated carbocycles. The molecule has 4 aromatic rings. The summed E-state index contributed by atoms with van der Waals surface area (Å²) in [6, 6.07) is 12.4. The number of ether oxygens (including phenoxy) is 1. The number of hydrogen-bond donors (Lipinski definition) is 3. The van der Waals surface area contributed by atoms with E-state index < -0.39 is 0 Å². The summed E-state index contributed by atoms with van der Waals surface area (Å²) in [6.07, 6.45) is 8.91. The number of benzene rings is 2. The smallest absolute Gasteiger partial charge is 0.276 e. The van der Waals surface area contributed by atoms with Crippen LogP contribution in [0.3, 0.4) is 0 Å². The van der Waals surface area contributed by atoms with Crippen molar-refractivity contribution < 1.29 is 14.1 Å². The Morgan fingerprint density at radius 2 is 1.78 bits per heavy atom. The summed E-state index contributed by atoms with van der Waals surface area (Å²) < 4.78 is 8.54. The summed E-state index contributed by atoms with van der Waals surface area (Å²) in [6.45, 7) is 7.76. The Balaban J connectivity index is 1.14. The Kier molecular flexibility index (Phi) is 7.69. The lowest BCUT2D eigenvalue weighted by Gasteiger charge is -2.48. The number of quaternary nitrogens is 1. The lowest BCUT2D eigenvalue weighted by atomic mass is 9.87. The van der Waals surface area contributed by atoms with Crippen molar-refractivity contribution in [2.24, 2.45) is 13.0 Å². The molecule has 45 heavy (non-hydrogen) atoms. The van der Waals surface area contributed by atoms with Gasteiger partial charge in [0, 0.05) is 49.8 Å². The maximum absolute atomic E-state index is 13.7. The Bertz CT molecular complexity index is 1720. The van der Waals surface area contributed by atoms with E-state index in [1.807, 2.05) is 19.3 Å². The number of amides is 1. The van der Waals surface area contributed by atoms with Gasteiger partial charge in [-0.15, -0.1) is 0 Å². The third-order valence-corrected chi connectivity index (χ3v) is 10.0. The molecule has 1 aliphatic carbocycles. The average Bonchev–Trinajstić information content (AvgIpc) is 3.42. The zero-order valence-electron chi connectivity index (χ0n) is 26.7. The number of nitrogens with one attached hydrogen (secondary N) is 3. The summed E-state index contributed by atoms with van der Waals surface area (Å²) in [7, 11) is 3.57. The fourth-order valence-electron chi connectivity index (χ4n) is 7.46. The molecule has 5 heterocycles. The zero-order valence-corrected chi connectivity index (χ0v) is 26.7. The van der Waals surface area contributed by atoms with Gasteiger partial charge in [0.25, 0.3) is 5.91 Å². The van der Waals surface area contributed by atoms with E-state index in [0.29, 0.717) is 18.1 Å². The molecule has 0 atom stereocenters. The van der Waals surface area contributed by atoms with E-state index in [0.717, 1.165) is 86.2 Å². The van der Waals surface area contributed by atoms with Crippen LogP contribution < -0.4 is 20.8 Å². The number of aryl methyl sites for hydroxylation is 4. The molecule has 8 rings (SSSR count). The van der Waals surface area contributed by atoms with Gasteiger partial charge in [0.15, 0.2) is 5.69 Å². The highest BCUT2D eigenvalue weighted by Gasteiger charge is 2.40. The molecule has 2 aromatic carbocycles. The van der Waals surface area contributed by atoms with Crippen molar-refractivity contribution in [3.8, 4) is 17.1 Å². The van der Waals surface area contributed by atoms with Crippen LogP contribution in [0.2, 0.25) is 0 Å². The number of fused-ring (bicyclic) bond motifs is 6. The number of carbonyl (C=O) groups excluding carboxylic acids is 1. The minimum atomic E-state index is -0.184. The topological polar surface area (TPSA) is 106 Å². The number of aromatic nitrogens is 4. The lowest BCUT2D eigenvalue weighted by molar-refractivity contribution is -0.922. The highest BCUT2D eigenvalue weighted by atomic mass is 16.5. The minimum absolute atomic E-state index is 0.184. The van der Waals surface area contributed by atoms with Gasteiger partial charge in [0.2, 0.25) is 5.95 Å². The predicted octanol–water partition coefficient (Wildman–Crippen LogP) is 6.06. The van der Waals surface area contributed by atoms with Crippen molar-refractivity contribution in [3.63, 3.8) is 0 Å². The highest BCUT2D eigenvalue weighted by Crippen LogP contribution is 2.38. The van der Waals surface area contributed by atoms with Crippen LogP contribution in [0.5, 0.6) is 5.75 Å². The number of piperidine rings is 3. The first kappa shape index (κ1) is 29.3. The fourth-order valence-corrected chi connectivity index (χ4v) is 7.46. The lowest BCUT2D eigenvalue weighted by Crippen LogP contribution is -2.61. The maximum Gasteiger partial charge on any atom is 0.276 e. The SMILES string of the molecule is CCc1cccc(CC)c1NC(=O)c1nn(C)c2c1CCc1cnc(Nc3ccc(N[N+]45CCC(CC4)CC5)cc3OC)nc1-2. The van der Waals surface area contributed by atoms with Crippen LogP contribution in [0.1, 0.15) is 65.9 Å². The van der Waals surface area contributed by atoms with E-state index in [2.05, 4.69) is 65.2 Å². The van der Waals surface area contributed by atoms with E-state index in [1.54, 1.807) is 11.8 Å². The molecular weight excluding hydrogens is 564 g/mol. The van der Waals surface area contributed by atoms with Gasteiger partial charge in [0.1, 0.15) is 25.4 Å². The first-order chi connectivity index (χ1) is 21.9. The number of nitrogens with zero attached hydrogens (tertiary/aromatic N) is 5. The van der Waals surface area contributed by atoms with E-state index in [1.165, 1.54) is 38.9 Å². The molecular formula is C35H43N8O2+. The van der Waals surface area contributed by atoms with Gasteiger partial charge in [-0.1, -0.05) is 32.0 Å². The molecule has 0 unspecified atom stereocenters. The predicted molar refractivity (Wildman–Crippen MR) is 177 cm³/mol. The molecule has 3 aliphatic heterocycles. The van der Waals surface area contributed by atoms with Crippen LogP contribution in [0.25, 0.3) is 11.4 Å². The van der Waals surface area contributed by atoms with E-state index in [-0.39, 0.29) is 5.91 Å². The van der Waals surface area contributed by atoms with Crippen molar-refractivity contribution in [2.45, 2.75) is 58.8 Å². The van der Waals surface area contributed by atoms with Gasteiger partial charge >= 0.3 is 0 Å². The number of carbonyl (C=O) groups is 1. The standard InChI is InChI=1S/C35H42N8O2/c1-5-23-8-7-9-24(6-2)30(23)38-34(44)32-27-12-10-25-21-36-35(39-31(25)33(27)42(3)40-32)37-28-13-11-26(20-29(28)45-4)41-43-17-14-22(15-18-43)16-19-43/h7-9,11,13,20-22H,5-6,10,12,14-19H2,1-4H3,(H2-,36,37,38,39,40,41,44)/p+1. The molecule has 3 fully saturated rings. The van der Waals surface area contributed by atoms with Gasteiger partial charge in [-0.05, 0) is 60.4 Å². The number of methoxy groups -OCH3 is 1. The minimum Gasteiger partial charge on any atom is -0.494 e. The van der Waals surface area contributed by atoms with Crippen molar-refractivity contribution in [1.82, 2.24) is 19.7 Å². The van der Waals surface area contributed by atoms with Crippen molar-refractivity contribution in [1.29, 1.82) is 0 Å². The quantitative estimate of drug-likeness (QED) is 0.199. The van der Waals surface area contributed by atoms with E-state index in [9.17, 15) is 4.79 Å². The molecule has 10 heteroatoms. The Hall–Kier alpha value is -4.44. The van der Waals surface area contributed by atoms with E-state index in [4.69, 9.17) is 14.8 Å². The molecule has 0 radical (unpaired) electrons. The largest absolute Gasteiger partial charge is 0.494 e. The molecule has 3 saturated heterocycles. The Morgan fingerprint density at radius 3 is 2.47 bits per heavy atom. The van der Waals surface area contributed by atoms with Crippen LogP contribution in [0, 0.1) is 5.92 Å². The van der Waals surface area contributed by atoms with Crippen molar-refractivity contribution >= 4 is 28.9 Å². The van der Waals surface area contributed by atoms with E-state index >= 15 is 0 Å². The average molecular weight is 608 g/mol. The van der Waals surface area contributed by atoms with Gasteiger partial charge in [-0.2, -0.15) is 5.10 Å². The first-order valence-electron chi connectivity index (χ1n) is 16.3. The highest BCUT2D eigenvalue weighted by molar-refractivity contribution is 6.06. The third-order valence-electron chi connectivity index (χ3n) is 10.0. The molecule has 4 aliphatic rings. The van der Waals surface area contributed by atoms with Crippen molar-refractivity contribution in [2.75, 3.05) is 42.8 Å². The monoisotopic (exact) mass is 607 g/mol. The summed E-state index contributed by atoms with van der Waals surface area (Å²) in [4.78, 5) is 23.3. The Morgan fingerprint density at radius 1 is 1.04 bits per heavy atom. The second-order valence-corrected chi connectivity index (χ2v) is 12.7. The second-order valence-electron chi connectivity index (χ2n) is 12.7. The van der Waals surface area contributed by atoms with Crippen LogP contribution in [-0.2, 0) is 32.7 Å². The van der Waals surface area contributed by atoms with Crippen LogP contribution >= 0.6 is 0 Å². The Labute approximate surface area is 264 Å². The van der Waals surface area contributed by atoms with Crippen LogP contribution in [0.4, 0.5) is 23.0 Å². The number of para-hydroxylation sites is 1. The molecule has 2 aromatic heterocycles. The number of hydrogen-bond acceptors (Lipinski definition) is 7. The molecule has 0 spiro atoms. The van der Waals surface area contributed by atoms with Gasteiger partial charge in [0.05, 0.1) is 29.9 Å². The molecule has 234 valence electrons. The second kappa shape index (κ2) is 11.8. The van der Waals surface area contributed by atoms with Crippen molar-refractivity contribution in [3.05, 3.63) is 70.5 Å². The fraction of sp³-hybridized carbons (Fsp3) is 0.429. The summed E-state index contributed by atoms with van der Waals surface area (Å²) >= 11 is 0. The maximum atomic E-state index is 13.7. The molecule has 3 N–H and O–H groups in total. The normalized spacial score (nSPS) is 19.9. The van der Waals surface area contributed by atoms with Crippen LogP contribution in [0.15, 0.2) is 42.6 Å². The number of anilines is 4. The van der Waals surface area contributed by atoms with Gasteiger partial charge in [-0.25, -0.2) is 20.0 Å². The summed E-state index contributed by atoms with van der Waals surface area (Å²) in [5.74, 6) is 1.92. The summed E-state index contributed by atoms with van der Waals surface area (Å²) in [5, 5.41) is 11.3. The number of rotatable bonds is 9. The van der Waals surface area contributed by atoms with Gasteiger partial charge < -0.3 is 15.4 Å². The van der Waals surface area contributed by atoms with Crippen LogP contribution in [-0.4, -0.2) is 57.0 Å². The molecule has 2 bridgehead atoms. The summed E-state index contributed by atoms with van der Waals surface area (Å²) in [5.41, 5.74) is 12.9. The third kappa shape index (κ3) is 5.41. The zero-order chi connectivity index (χ0) is 31.1. The first-order valence-corrected chi connectivity index (χ1v) is 16.3. The molecule has 1 amide bonds. The molecule has 10 nitrogen and oxygen atoms in total.